The predicted molar refractivity (Wildman–Crippen MR) is 110 cm³/mol. The zero-order valence-corrected chi connectivity index (χ0v) is 16.2. The highest BCUT2D eigenvalue weighted by Gasteiger charge is 2.21. The minimum atomic E-state index is -0.264. The van der Waals surface area contributed by atoms with Gasteiger partial charge in [0.25, 0.3) is 5.91 Å². The summed E-state index contributed by atoms with van der Waals surface area (Å²) in [6.07, 6.45) is -0.0383. The van der Waals surface area contributed by atoms with Gasteiger partial charge in [-0.1, -0.05) is 12.1 Å². The number of nitrogens with one attached hydrogen (secondary N) is 4. The average molecular weight is 384 g/mol. The minimum Gasteiger partial charge on any atom is -0.497 e. The second-order valence-electron chi connectivity index (χ2n) is 7.00. The number of amides is 1. The van der Waals surface area contributed by atoms with Gasteiger partial charge in [0.1, 0.15) is 12.0 Å². The lowest BCUT2D eigenvalue weighted by Crippen LogP contribution is -2.55. The van der Waals surface area contributed by atoms with Crippen molar-refractivity contribution in [1.82, 2.24) is 16.0 Å². The third kappa shape index (κ3) is 5.22. The fourth-order valence-corrected chi connectivity index (χ4v) is 3.12. The highest BCUT2D eigenvalue weighted by Crippen LogP contribution is 2.20. The molecule has 0 aromatic heterocycles. The summed E-state index contributed by atoms with van der Waals surface area (Å²) in [7, 11) is 1.67. The molecule has 150 valence electrons. The summed E-state index contributed by atoms with van der Waals surface area (Å²) in [6, 6.07) is 15.2. The molecule has 0 spiro atoms. The first kappa shape index (κ1) is 20.1. The molecule has 1 heterocycles. The Hall–Kier alpha value is -2.61. The molecular weight excluding hydrogens is 356 g/mol. The van der Waals surface area contributed by atoms with Crippen molar-refractivity contribution in [1.29, 1.82) is 0 Å². The first-order valence-electron chi connectivity index (χ1n) is 9.48. The maximum absolute atomic E-state index is 12.1. The van der Waals surface area contributed by atoms with Crippen LogP contribution in [0.3, 0.4) is 0 Å². The minimum absolute atomic E-state index is 0.0383. The molecule has 1 aliphatic rings. The second-order valence-corrected chi connectivity index (χ2v) is 7.00. The average Bonchev–Trinajstić information content (AvgIpc) is 2.74. The molecule has 3 rings (SSSR count). The van der Waals surface area contributed by atoms with E-state index >= 15 is 0 Å². The van der Waals surface area contributed by atoms with Crippen LogP contribution in [0.25, 0.3) is 0 Å². The van der Waals surface area contributed by atoms with E-state index in [1.54, 1.807) is 26.2 Å². The summed E-state index contributed by atoms with van der Waals surface area (Å²) in [5.74, 6) is 1.07. The fraction of sp³-hybridized carbons (Fsp3) is 0.381. The van der Waals surface area contributed by atoms with Crippen LogP contribution in [-0.4, -0.2) is 50.2 Å². The van der Waals surface area contributed by atoms with Crippen molar-refractivity contribution in [3.05, 3.63) is 59.7 Å². The summed E-state index contributed by atoms with van der Waals surface area (Å²) in [6.45, 7) is 3.39. The molecule has 7 heteroatoms. The predicted octanol–water partition coefficient (Wildman–Crippen LogP) is 1.48. The lowest BCUT2D eigenvalue weighted by molar-refractivity contribution is 0.0922. The molecule has 0 aliphatic carbocycles. The van der Waals surface area contributed by atoms with Gasteiger partial charge in [-0.2, -0.15) is 0 Å². The van der Waals surface area contributed by atoms with Crippen LogP contribution in [0.4, 0.5) is 5.69 Å². The Morgan fingerprint density at radius 3 is 2.36 bits per heavy atom. The Morgan fingerprint density at radius 2 is 1.79 bits per heavy atom. The Labute approximate surface area is 165 Å². The number of anilines is 1. The van der Waals surface area contributed by atoms with E-state index in [1.165, 1.54) is 5.56 Å². The molecule has 2 aromatic rings. The standard InChI is InChI=1S/C21H28N4O3/c1-14(13-26)24-20(27)16-3-7-18(8-4-16)25-21-22-11-17(12-23-21)15-5-9-19(28-2)10-6-15/h3-10,14,17,21-23,25-26H,11-13H2,1-2H3,(H,24,27). The van der Waals surface area contributed by atoms with E-state index in [4.69, 9.17) is 9.84 Å². The first-order chi connectivity index (χ1) is 13.6. The van der Waals surface area contributed by atoms with Crippen molar-refractivity contribution in [2.24, 2.45) is 0 Å². The molecule has 1 saturated heterocycles. The molecule has 0 saturated carbocycles. The molecular formula is C21H28N4O3. The van der Waals surface area contributed by atoms with Crippen LogP contribution >= 0.6 is 0 Å². The first-order valence-corrected chi connectivity index (χ1v) is 9.48. The zero-order valence-electron chi connectivity index (χ0n) is 16.2. The molecule has 1 atom stereocenters. The van der Waals surface area contributed by atoms with Crippen LogP contribution in [0, 0.1) is 0 Å². The molecule has 0 radical (unpaired) electrons. The molecule has 1 aliphatic heterocycles. The van der Waals surface area contributed by atoms with E-state index in [0.29, 0.717) is 11.5 Å². The van der Waals surface area contributed by atoms with Gasteiger partial charge >= 0.3 is 0 Å². The van der Waals surface area contributed by atoms with E-state index in [0.717, 1.165) is 24.5 Å². The molecule has 0 bridgehead atoms. The number of aliphatic hydroxyl groups excluding tert-OH is 1. The molecule has 28 heavy (non-hydrogen) atoms. The molecule has 1 amide bonds. The topological polar surface area (TPSA) is 94.7 Å². The summed E-state index contributed by atoms with van der Waals surface area (Å²) < 4.78 is 5.21. The maximum Gasteiger partial charge on any atom is 0.251 e. The number of methoxy groups -OCH3 is 1. The zero-order chi connectivity index (χ0) is 19.9. The Kier molecular flexibility index (Phi) is 6.86. The van der Waals surface area contributed by atoms with E-state index < -0.39 is 0 Å². The summed E-state index contributed by atoms with van der Waals surface area (Å²) in [4.78, 5) is 12.1. The van der Waals surface area contributed by atoms with Crippen LogP contribution in [-0.2, 0) is 0 Å². The van der Waals surface area contributed by atoms with Crippen molar-refractivity contribution >= 4 is 11.6 Å². The van der Waals surface area contributed by atoms with Crippen molar-refractivity contribution < 1.29 is 14.6 Å². The van der Waals surface area contributed by atoms with Gasteiger partial charge in [-0.15, -0.1) is 0 Å². The monoisotopic (exact) mass is 384 g/mol. The smallest absolute Gasteiger partial charge is 0.251 e. The van der Waals surface area contributed by atoms with Crippen LogP contribution in [0.5, 0.6) is 5.75 Å². The quantitative estimate of drug-likeness (QED) is 0.496. The number of ether oxygens (including phenoxy) is 1. The van der Waals surface area contributed by atoms with Gasteiger partial charge in [-0.3, -0.25) is 15.4 Å². The Bertz CT molecular complexity index is 756. The third-order valence-electron chi connectivity index (χ3n) is 4.83. The number of hydrogen-bond donors (Lipinski definition) is 5. The maximum atomic E-state index is 12.1. The van der Waals surface area contributed by atoms with Crippen molar-refractivity contribution in [3.63, 3.8) is 0 Å². The van der Waals surface area contributed by atoms with Gasteiger partial charge in [-0.05, 0) is 48.9 Å². The summed E-state index contributed by atoms with van der Waals surface area (Å²) in [5.41, 5.74) is 2.75. The van der Waals surface area contributed by atoms with Crippen molar-refractivity contribution in [2.45, 2.75) is 25.2 Å². The van der Waals surface area contributed by atoms with Crippen LogP contribution < -0.4 is 26.0 Å². The van der Waals surface area contributed by atoms with Gasteiger partial charge in [0, 0.05) is 36.3 Å². The number of rotatable bonds is 7. The lowest BCUT2D eigenvalue weighted by Gasteiger charge is -2.32. The number of hydrogen-bond acceptors (Lipinski definition) is 6. The molecule has 1 unspecified atom stereocenters. The number of benzene rings is 2. The summed E-state index contributed by atoms with van der Waals surface area (Å²) >= 11 is 0. The Morgan fingerprint density at radius 1 is 1.14 bits per heavy atom. The molecule has 5 N–H and O–H groups in total. The van der Waals surface area contributed by atoms with Gasteiger partial charge < -0.3 is 20.5 Å². The van der Waals surface area contributed by atoms with E-state index in [9.17, 15) is 4.79 Å². The third-order valence-corrected chi connectivity index (χ3v) is 4.83. The SMILES string of the molecule is COc1ccc(C2CNC(Nc3ccc(C(=O)NC(C)CO)cc3)NC2)cc1. The van der Waals surface area contributed by atoms with E-state index in [1.807, 2.05) is 24.3 Å². The molecule has 2 aromatic carbocycles. The highest BCUT2D eigenvalue weighted by molar-refractivity contribution is 5.94. The van der Waals surface area contributed by atoms with Crippen LogP contribution in [0.15, 0.2) is 48.5 Å². The molecule has 1 fully saturated rings. The number of aliphatic hydroxyl groups is 1. The number of carbonyl (C=O) groups is 1. The lowest BCUT2D eigenvalue weighted by atomic mass is 9.97. The number of carbonyl (C=O) groups excluding carboxylic acids is 1. The van der Waals surface area contributed by atoms with Gasteiger partial charge in [-0.25, -0.2) is 0 Å². The van der Waals surface area contributed by atoms with Gasteiger partial charge in [0.15, 0.2) is 0 Å². The van der Waals surface area contributed by atoms with Crippen molar-refractivity contribution in [2.75, 3.05) is 32.1 Å². The fourth-order valence-electron chi connectivity index (χ4n) is 3.12. The molecule has 7 nitrogen and oxygen atoms in total. The van der Waals surface area contributed by atoms with Crippen molar-refractivity contribution in [3.8, 4) is 5.75 Å². The van der Waals surface area contributed by atoms with Crippen LogP contribution in [0.1, 0.15) is 28.8 Å². The Balaban J connectivity index is 1.49. The highest BCUT2D eigenvalue weighted by atomic mass is 16.5. The van der Waals surface area contributed by atoms with Gasteiger partial charge in [0.05, 0.1) is 13.7 Å². The van der Waals surface area contributed by atoms with Crippen LogP contribution in [0.2, 0.25) is 0 Å². The summed E-state index contributed by atoms with van der Waals surface area (Å²) in [5, 5.41) is 22.0. The largest absolute Gasteiger partial charge is 0.497 e. The normalized spacial score (nSPS) is 20.2. The van der Waals surface area contributed by atoms with Gasteiger partial charge in [0.2, 0.25) is 0 Å². The van der Waals surface area contributed by atoms with E-state index in [2.05, 4.69) is 33.4 Å². The second kappa shape index (κ2) is 9.54. The van der Waals surface area contributed by atoms with E-state index in [-0.39, 0.29) is 24.8 Å².